The third-order valence-corrected chi connectivity index (χ3v) is 10.5. The highest BCUT2D eigenvalue weighted by molar-refractivity contribution is 6.32. The number of aliphatic carboxylic acids is 1. The maximum Gasteiger partial charge on any atom is 0.320 e. The quantitative estimate of drug-likeness (QED) is 0.121. The molecule has 278 valence electrons. The molecule has 0 radical (unpaired) electrons. The number of ether oxygens (including phenoxy) is 4. The van der Waals surface area contributed by atoms with E-state index in [1.807, 2.05) is 41.3 Å². The number of carbonyl (C=O) groups is 1. The molecule has 2 saturated heterocycles. The Bertz CT molecular complexity index is 1920. The molecule has 53 heavy (non-hydrogen) atoms. The molecule has 1 atom stereocenters. The van der Waals surface area contributed by atoms with Crippen molar-refractivity contribution in [2.24, 2.45) is 0 Å². The van der Waals surface area contributed by atoms with Crippen molar-refractivity contribution >= 4 is 17.6 Å². The third kappa shape index (κ3) is 9.89. The van der Waals surface area contributed by atoms with E-state index in [9.17, 15) is 15.2 Å². The van der Waals surface area contributed by atoms with Gasteiger partial charge in [0.2, 0.25) is 0 Å². The number of benzene rings is 4. The maximum absolute atomic E-state index is 12.1. The lowest BCUT2D eigenvalue weighted by molar-refractivity contribution is -0.144. The summed E-state index contributed by atoms with van der Waals surface area (Å²) in [5.41, 5.74) is 7.63. The second kappa shape index (κ2) is 18.4. The van der Waals surface area contributed by atoms with Crippen LogP contribution in [0, 0.1) is 25.2 Å². The molecule has 1 unspecified atom stereocenters. The minimum atomic E-state index is -0.821. The Morgan fingerprint density at radius 2 is 1.62 bits per heavy atom. The van der Waals surface area contributed by atoms with Crippen molar-refractivity contribution in [2.75, 3.05) is 46.0 Å². The normalized spacial score (nSPS) is 16.5. The number of nitrogens with zero attached hydrogens (tertiary/aromatic N) is 3. The number of halogens is 1. The highest BCUT2D eigenvalue weighted by Crippen LogP contribution is 2.37. The van der Waals surface area contributed by atoms with E-state index in [2.05, 4.69) is 43.0 Å². The van der Waals surface area contributed by atoms with Crippen LogP contribution in [0.2, 0.25) is 5.02 Å². The van der Waals surface area contributed by atoms with Gasteiger partial charge >= 0.3 is 5.97 Å². The summed E-state index contributed by atoms with van der Waals surface area (Å²) in [7, 11) is 0. The van der Waals surface area contributed by atoms with Crippen LogP contribution in [0.5, 0.6) is 17.2 Å². The summed E-state index contributed by atoms with van der Waals surface area (Å²) in [6.07, 6.45) is 3.38. The molecule has 1 N–H and O–H groups in total. The number of piperidine rings is 1. The van der Waals surface area contributed by atoms with Crippen LogP contribution in [0.15, 0.2) is 72.8 Å². The monoisotopic (exact) mass is 737 g/mol. The summed E-state index contributed by atoms with van der Waals surface area (Å²) in [6.45, 7) is 11.0. The lowest BCUT2D eigenvalue weighted by Gasteiger charge is -2.33. The molecule has 0 spiro atoms. The second-order valence-electron chi connectivity index (χ2n) is 13.8. The van der Waals surface area contributed by atoms with E-state index in [0.717, 1.165) is 96.8 Å². The Balaban J connectivity index is 1.18. The SMILES string of the molecule is Cc1c(COc2cc(OCc3cccc(C#N)c3)c(CN3CCCCC3C(=O)O)cc2Cl)cccc1-c1cccc(OCCCN2CCOCC2)c1C. The predicted molar refractivity (Wildman–Crippen MR) is 206 cm³/mol. The molecule has 4 aromatic carbocycles. The van der Waals surface area contributed by atoms with Crippen LogP contribution >= 0.6 is 11.6 Å². The van der Waals surface area contributed by atoms with Gasteiger partial charge in [-0.1, -0.05) is 60.5 Å². The minimum Gasteiger partial charge on any atom is -0.493 e. The molecule has 2 aliphatic heterocycles. The summed E-state index contributed by atoms with van der Waals surface area (Å²) in [5, 5.41) is 19.7. The third-order valence-electron chi connectivity index (χ3n) is 10.2. The average Bonchev–Trinajstić information content (AvgIpc) is 3.17. The second-order valence-corrected chi connectivity index (χ2v) is 14.2. The number of carboxylic acids is 1. The Kier molecular flexibility index (Phi) is 13.3. The molecule has 0 saturated carbocycles. The van der Waals surface area contributed by atoms with Crippen molar-refractivity contribution in [3.63, 3.8) is 0 Å². The van der Waals surface area contributed by atoms with E-state index < -0.39 is 12.0 Å². The fraction of sp³-hybridized carbons (Fsp3) is 0.395. The van der Waals surface area contributed by atoms with Gasteiger partial charge in [0, 0.05) is 37.8 Å². The zero-order valence-corrected chi connectivity index (χ0v) is 31.4. The molecule has 0 bridgehead atoms. The van der Waals surface area contributed by atoms with Gasteiger partial charge in [0.1, 0.15) is 36.5 Å². The largest absolute Gasteiger partial charge is 0.493 e. The fourth-order valence-corrected chi connectivity index (χ4v) is 7.40. The summed E-state index contributed by atoms with van der Waals surface area (Å²) in [6, 6.07) is 25.0. The molecule has 4 aromatic rings. The van der Waals surface area contributed by atoms with Crippen LogP contribution in [-0.4, -0.2) is 72.9 Å². The molecule has 9 nitrogen and oxygen atoms in total. The molecule has 0 amide bonds. The highest BCUT2D eigenvalue weighted by atomic mass is 35.5. The van der Waals surface area contributed by atoms with Crippen LogP contribution in [0.1, 0.15) is 59.1 Å². The van der Waals surface area contributed by atoms with Gasteiger partial charge in [0.05, 0.1) is 36.5 Å². The summed E-state index contributed by atoms with van der Waals surface area (Å²) < 4.78 is 24.5. The first-order valence-electron chi connectivity index (χ1n) is 18.5. The first kappa shape index (κ1) is 38.1. The smallest absolute Gasteiger partial charge is 0.320 e. The van der Waals surface area contributed by atoms with Gasteiger partial charge in [-0.05, 0) is 97.3 Å². The Hall–Kier alpha value is -4.59. The van der Waals surface area contributed by atoms with Crippen molar-refractivity contribution in [2.45, 2.75) is 65.3 Å². The van der Waals surface area contributed by atoms with Crippen LogP contribution in [0.3, 0.4) is 0 Å². The molecule has 2 heterocycles. The molecule has 2 aliphatic rings. The predicted octanol–water partition coefficient (Wildman–Crippen LogP) is 8.19. The molecule has 6 rings (SSSR count). The van der Waals surface area contributed by atoms with Crippen LogP contribution in [0.25, 0.3) is 11.1 Å². The van der Waals surface area contributed by atoms with E-state index in [4.69, 9.17) is 30.5 Å². The van der Waals surface area contributed by atoms with Gasteiger partial charge in [-0.2, -0.15) is 5.26 Å². The molecule has 0 aromatic heterocycles. The molecule has 2 fully saturated rings. The molecule has 0 aliphatic carbocycles. The van der Waals surface area contributed by atoms with Crippen LogP contribution in [-0.2, 0) is 29.3 Å². The summed E-state index contributed by atoms with van der Waals surface area (Å²) in [5.74, 6) is 1.10. The van der Waals surface area contributed by atoms with Gasteiger partial charge in [-0.25, -0.2) is 0 Å². The van der Waals surface area contributed by atoms with E-state index >= 15 is 0 Å². The number of nitriles is 1. The van der Waals surface area contributed by atoms with Crippen LogP contribution < -0.4 is 14.2 Å². The zero-order chi connectivity index (χ0) is 37.2. The number of carboxylic acid groups (broad SMARTS) is 1. The number of rotatable bonds is 15. The average molecular weight is 738 g/mol. The van der Waals surface area contributed by atoms with Gasteiger partial charge < -0.3 is 24.1 Å². The standard InChI is InChI=1S/C43H48ClN3O6/c1-30-34(11-6-12-36(30)37-13-7-15-40(31(37)2)51-20-8-16-46-18-21-50-22-19-46)29-53-42-25-41(52-28-33-10-5-9-32(23-33)26-45)35(24-38(42)44)27-47-17-4-3-14-39(47)43(48)49/h5-7,9-13,15,23-25,39H,3-4,8,14,16-22,27-29H2,1-2H3,(H,48,49). The Labute approximate surface area is 317 Å². The highest BCUT2D eigenvalue weighted by Gasteiger charge is 2.29. The van der Waals surface area contributed by atoms with Crippen molar-refractivity contribution in [1.29, 1.82) is 5.26 Å². The summed E-state index contributed by atoms with van der Waals surface area (Å²) in [4.78, 5) is 16.5. The number of hydrogen-bond acceptors (Lipinski definition) is 8. The topological polar surface area (TPSA) is 104 Å². The lowest BCUT2D eigenvalue weighted by Crippen LogP contribution is -2.44. The van der Waals surface area contributed by atoms with Crippen molar-refractivity contribution in [3.8, 4) is 34.4 Å². The zero-order valence-electron chi connectivity index (χ0n) is 30.6. The van der Waals surface area contributed by atoms with Crippen molar-refractivity contribution in [3.05, 3.63) is 111 Å². The minimum absolute atomic E-state index is 0.225. The van der Waals surface area contributed by atoms with Gasteiger partial charge in [-0.3, -0.25) is 14.6 Å². The number of hydrogen-bond donors (Lipinski definition) is 1. The summed E-state index contributed by atoms with van der Waals surface area (Å²) >= 11 is 6.87. The molecular weight excluding hydrogens is 690 g/mol. The van der Waals surface area contributed by atoms with Crippen molar-refractivity contribution < 1.29 is 28.8 Å². The van der Waals surface area contributed by atoms with Gasteiger partial charge in [0.15, 0.2) is 0 Å². The Morgan fingerprint density at radius 3 is 2.42 bits per heavy atom. The first-order valence-corrected chi connectivity index (χ1v) is 18.8. The maximum atomic E-state index is 12.1. The van der Waals surface area contributed by atoms with Gasteiger partial charge in [-0.15, -0.1) is 0 Å². The first-order chi connectivity index (χ1) is 25.8. The van der Waals surface area contributed by atoms with E-state index in [1.54, 1.807) is 18.2 Å². The van der Waals surface area contributed by atoms with E-state index in [0.29, 0.717) is 48.2 Å². The Morgan fingerprint density at radius 1 is 0.868 bits per heavy atom. The molecule has 10 heteroatoms. The fourth-order valence-electron chi connectivity index (χ4n) is 7.16. The van der Waals surface area contributed by atoms with Crippen molar-refractivity contribution in [1.82, 2.24) is 9.80 Å². The van der Waals surface area contributed by atoms with Gasteiger partial charge in [0.25, 0.3) is 0 Å². The number of morpholine rings is 1. The van der Waals surface area contributed by atoms with Crippen LogP contribution in [0.4, 0.5) is 0 Å². The number of likely N-dealkylation sites (tertiary alicyclic amines) is 1. The van der Waals surface area contributed by atoms with E-state index in [1.165, 1.54) is 0 Å². The van der Waals surface area contributed by atoms with E-state index in [-0.39, 0.29) is 13.2 Å². The lowest BCUT2D eigenvalue weighted by atomic mass is 9.93. The molecular formula is C43H48ClN3O6.